The van der Waals surface area contributed by atoms with Crippen molar-refractivity contribution in [2.24, 2.45) is 0 Å². The molecule has 0 fully saturated rings. The average Bonchev–Trinajstić information content (AvgIpc) is 2.38. The first-order valence-electron chi connectivity index (χ1n) is 7.23. The first-order valence-corrected chi connectivity index (χ1v) is 7.23. The van der Waals surface area contributed by atoms with Gasteiger partial charge >= 0.3 is 0 Å². The summed E-state index contributed by atoms with van der Waals surface area (Å²) < 4.78 is 0. The Kier molecular flexibility index (Phi) is 2.78. The molecule has 0 radical (unpaired) electrons. The normalized spacial score (nSPS) is 24.7. The van der Waals surface area contributed by atoms with Crippen molar-refractivity contribution in [1.29, 1.82) is 0 Å². The maximum absolute atomic E-state index is 2.38. The highest BCUT2D eigenvalue weighted by Gasteiger charge is 2.35. The second-order valence-electron chi connectivity index (χ2n) is 6.37. The molecule has 1 unspecified atom stereocenters. The maximum Gasteiger partial charge on any atom is 0.0217 e. The van der Waals surface area contributed by atoms with E-state index in [2.05, 4.69) is 70.2 Å². The van der Waals surface area contributed by atoms with E-state index >= 15 is 0 Å². The van der Waals surface area contributed by atoms with Crippen molar-refractivity contribution in [3.8, 4) is 0 Å². The summed E-state index contributed by atoms with van der Waals surface area (Å²) in [4.78, 5) is 0. The molecule has 98 valence electrons. The summed E-state index contributed by atoms with van der Waals surface area (Å²) in [5, 5.41) is 0. The van der Waals surface area contributed by atoms with Crippen LogP contribution in [0.15, 0.2) is 47.6 Å². The molecule has 0 saturated heterocycles. The fourth-order valence-corrected chi connectivity index (χ4v) is 3.43. The smallest absolute Gasteiger partial charge is 0.0217 e. The number of allylic oxidation sites excluding steroid dienone is 5. The van der Waals surface area contributed by atoms with E-state index in [-0.39, 0.29) is 5.41 Å². The fraction of sp³-hybridized carbons (Fsp3) is 0.368. The standard InChI is InChI=1S/C19H22/c1-13(2)15-7-10-18-16(12-15)8-9-17-14(3)6-5-11-19(17,18)4/h5-10,12-13H,11H2,1-4H3. The van der Waals surface area contributed by atoms with E-state index in [4.69, 9.17) is 0 Å². The fourth-order valence-electron chi connectivity index (χ4n) is 3.43. The molecule has 0 aromatic heterocycles. The Morgan fingerprint density at radius 1 is 1.11 bits per heavy atom. The molecule has 0 N–H and O–H groups in total. The molecular formula is C19H22. The summed E-state index contributed by atoms with van der Waals surface area (Å²) in [6, 6.07) is 7.02. The van der Waals surface area contributed by atoms with Crippen LogP contribution < -0.4 is 0 Å². The highest BCUT2D eigenvalue weighted by molar-refractivity contribution is 5.69. The molecule has 1 aromatic rings. The van der Waals surface area contributed by atoms with E-state index in [0.717, 1.165) is 6.42 Å². The van der Waals surface area contributed by atoms with Crippen LogP contribution in [0.2, 0.25) is 0 Å². The van der Waals surface area contributed by atoms with E-state index in [1.165, 1.54) is 27.8 Å². The number of hydrogen-bond acceptors (Lipinski definition) is 0. The van der Waals surface area contributed by atoms with E-state index in [0.29, 0.717) is 5.92 Å². The highest BCUT2D eigenvalue weighted by Crippen LogP contribution is 2.46. The Labute approximate surface area is 116 Å². The minimum Gasteiger partial charge on any atom is -0.0831 e. The van der Waals surface area contributed by atoms with Gasteiger partial charge in [-0.25, -0.2) is 0 Å². The van der Waals surface area contributed by atoms with Crippen LogP contribution in [0.3, 0.4) is 0 Å². The number of hydrogen-bond donors (Lipinski definition) is 0. The molecule has 0 nitrogen and oxygen atoms in total. The third kappa shape index (κ3) is 1.82. The van der Waals surface area contributed by atoms with Gasteiger partial charge < -0.3 is 0 Å². The Hall–Kier alpha value is -1.56. The molecule has 1 aromatic carbocycles. The van der Waals surface area contributed by atoms with Crippen molar-refractivity contribution in [1.82, 2.24) is 0 Å². The summed E-state index contributed by atoms with van der Waals surface area (Å²) in [7, 11) is 0. The first-order chi connectivity index (χ1) is 9.02. The van der Waals surface area contributed by atoms with E-state index in [9.17, 15) is 0 Å². The second-order valence-corrected chi connectivity index (χ2v) is 6.37. The zero-order valence-electron chi connectivity index (χ0n) is 12.3. The van der Waals surface area contributed by atoms with Crippen LogP contribution >= 0.6 is 0 Å². The lowest BCUT2D eigenvalue weighted by atomic mass is 9.65. The summed E-state index contributed by atoms with van der Waals surface area (Å²) in [5.41, 5.74) is 7.38. The molecule has 1 atom stereocenters. The molecule has 0 amide bonds. The van der Waals surface area contributed by atoms with Gasteiger partial charge in [0.25, 0.3) is 0 Å². The lowest BCUT2D eigenvalue weighted by molar-refractivity contribution is 0.562. The van der Waals surface area contributed by atoms with E-state index in [1.807, 2.05) is 0 Å². The van der Waals surface area contributed by atoms with Gasteiger partial charge in [-0.1, -0.05) is 63.3 Å². The average molecular weight is 250 g/mol. The molecule has 19 heavy (non-hydrogen) atoms. The van der Waals surface area contributed by atoms with Crippen molar-refractivity contribution in [3.05, 3.63) is 64.3 Å². The first kappa shape index (κ1) is 12.5. The molecule has 3 rings (SSSR count). The SMILES string of the molecule is CC1=C2C=Cc3cc(C(C)C)ccc3C2(C)CC=C1. The van der Waals surface area contributed by atoms with Crippen molar-refractivity contribution < 1.29 is 0 Å². The van der Waals surface area contributed by atoms with Gasteiger partial charge in [0.2, 0.25) is 0 Å². The van der Waals surface area contributed by atoms with Crippen LogP contribution in [0.4, 0.5) is 0 Å². The van der Waals surface area contributed by atoms with Crippen LogP contribution in [-0.2, 0) is 5.41 Å². The van der Waals surface area contributed by atoms with Gasteiger partial charge in [-0.2, -0.15) is 0 Å². The zero-order chi connectivity index (χ0) is 13.6. The lowest BCUT2D eigenvalue weighted by Crippen LogP contribution is -2.29. The molecule has 0 heterocycles. The van der Waals surface area contributed by atoms with Crippen molar-refractivity contribution in [2.45, 2.75) is 45.4 Å². The van der Waals surface area contributed by atoms with Gasteiger partial charge in [0.05, 0.1) is 0 Å². The largest absolute Gasteiger partial charge is 0.0831 e. The maximum atomic E-state index is 2.38. The van der Waals surface area contributed by atoms with E-state index in [1.54, 1.807) is 0 Å². The van der Waals surface area contributed by atoms with Crippen molar-refractivity contribution in [2.75, 3.05) is 0 Å². The minimum absolute atomic E-state index is 0.165. The highest BCUT2D eigenvalue weighted by atomic mass is 14.4. The topological polar surface area (TPSA) is 0 Å². The molecule has 0 aliphatic heterocycles. The Morgan fingerprint density at radius 2 is 1.89 bits per heavy atom. The predicted molar refractivity (Wildman–Crippen MR) is 83.4 cm³/mol. The van der Waals surface area contributed by atoms with Gasteiger partial charge in [0.1, 0.15) is 0 Å². The third-order valence-electron chi connectivity index (χ3n) is 4.68. The zero-order valence-corrected chi connectivity index (χ0v) is 12.3. The summed E-state index contributed by atoms with van der Waals surface area (Å²) in [6.45, 7) is 9.12. The van der Waals surface area contributed by atoms with Crippen molar-refractivity contribution in [3.63, 3.8) is 0 Å². The Balaban J connectivity index is 2.19. The minimum atomic E-state index is 0.165. The predicted octanol–water partition coefficient (Wildman–Crippen LogP) is 5.37. The quantitative estimate of drug-likeness (QED) is 0.628. The number of benzene rings is 1. The summed E-state index contributed by atoms with van der Waals surface area (Å²) >= 11 is 0. The third-order valence-corrected chi connectivity index (χ3v) is 4.68. The van der Waals surface area contributed by atoms with Crippen LogP contribution in [0, 0.1) is 0 Å². The van der Waals surface area contributed by atoms with Crippen LogP contribution in [0.5, 0.6) is 0 Å². The Bertz CT molecular complexity index is 611. The summed E-state index contributed by atoms with van der Waals surface area (Å²) in [6.07, 6.45) is 10.3. The molecule has 2 aliphatic rings. The summed E-state index contributed by atoms with van der Waals surface area (Å²) in [5.74, 6) is 0.594. The van der Waals surface area contributed by atoms with Crippen LogP contribution in [0.25, 0.3) is 6.08 Å². The number of fused-ring (bicyclic) bond motifs is 3. The molecule has 0 spiro atoms. The molecule has 2 aliphatic carbocycles. The molecule has 0 saturated carbocycles. The van der Waals surface area contributed by atoms with Gasteiger partial charge in [0.15, 0.2) is 0 Å². The second kappa shape index (κ2) is 4.23. The lowest BCUT2D eigenvalue weighted by Gasteiger charge is -2.38. The van der Waals surface area contributed by atoms with Crippen LogP contribution in [0.1, 0.15) is 56.7 Å². The van der Waals surface area contributed by atoms with Gasteiger partial charge in [0, 0.05) is 5.41 Å². The van der Waals surface area contributed by atoms with Gasteiger partial charge in [-0.15, -0.1) is 0 Å². The number of rotatable bonds is 1. The molecule has 0 bridgehead atoms. The molecule has 0 heteroatoms. The van der Waals surface area contributed by atoms with Crippen molar-refractivity contribution >= 4 is 6.08 Å². The van der Waals surface area contributed by atoms with Gasteiger partial charge in [-0.3, -0.25) is 0 Å². The van der Waals surface area contributed by atoms with Crippen LogP contribution in [-0.4, -0.2) is 0 Å². The van der Waals surface area contributed by atoms with E-state index < -0.39 is 0 Å². The molecular weight excluding hydrogens is 228 g/mol. The van der Waals surface area contributed by atoms with Gasteiger partial charge in [-0.05, 0) is 47.1 Å². The monoisotopic (exact) mass is 250 g/mol. The Morgan fingerprint density at radius 3 is 2.63 bits per heavy atom.